The zero-order chi connectivity index (χ0) is 20.1. The Morgan fingerprint density at radius 3 is 2.25 bits per heavy atom. The molecule has 0 spiro atoms. The predicted octanol–water partition coefficient (Wildman–Crippen LogP) is 3.39. The van der Waals surface area contributed by atoms with E-state index in [-0.39, 0.29) is 0 Å². The molecule has 0 aliphatic rings. The Labute approximate surface area is 168 Å². The average molecular weight is 402 g/mol. The molecular formula is C19H22N4O4S. The first-order valence-corrected chi connectivity index (χ1v) is 8.87. The molecular weight excluding hydrogens is 380 g/mol. The van der Waals surface area contributed by atoms with Gasteiger partial charge < -0.3 is 24.4 Å². The molecule has 3 aromatic rings. The second kappa shape index (κ2) is 8.66. The zero-order valence-corrected chi connectivity index (χ0v) is 16.9. The number of aromatic amines is 1. The molecule has 2 N–H and O–H groups in total. The maximum Gasteiger partial charge on any atom is 0.214 e. The van der Waals surface area contributed by atoms with Gasteiger partial charge in [-0.3, -0.25) is 0 Å². The lowest BCUT2D eigenvalue weighted by Crippen LogP contribution is -2.16. The monoisotopic (exact) mass is 402 g/mol. The number of ether oxygens (including phenoxy) is 4. The van der Waals surface area contributed by atoms with Crippen molar-refractivity contribution in [3.05, 3.63) is 46.7 Å². The van der Waals surface area contributed by atoms with Crippen LogP contribution in [-0.4, -0.2) is 43.3 Å². The van der Waals surface area contributed by atoms with Gasteiger partial charge in [-0.1, -0.05) is 12.1 Å². The molecule has 28 heavy (non-hydrogen) atoms. The Hall–Kier alpha value is -3.20. The summed E-state index contributed by atoms with van der Waals surface area (Å²) in [5.74, 6) is 3.18. The SMILES string of the molecule is COc1cc(OC)c(OC)cc1CNn1c(-c2ccccc2OC)n[nH]c1=S. The van der Waals surface area contributed by atoms with Crippen molar-refractivity contribution in [1.29, 1.82) is 0 Å². The fourth-order valence-corrected chi connectivity index (χ4v) is 3.05. The van der Waals surface area contributed by atoms with Gasteiger partial charge >= 0.3 is 0 Å². The summed E-state index contributed by atoms with van der Waals surface area (Å²) in [6, 6.07) is 11.2. The topological polar surface area (TPSA) is 82.6 Å². The van der Waals surface area contributed by atoms with Crippen molar-refractivity contribution < 1.29 is 18.9 Å². The van der Waals surface area contributed by atoms with Gasteiger partial charge in [0.1, 0.15) is 11.5 Å². The number of H-pyrrole nitrogens is 1. The van der Waals surface area contributed by atoms with Crippen LogP contribution in [0.1, 0.15) is 5.56 Å². The number of aromatic nitrogens is 3. The molecule has 148 valence electrons. The number of methoxy groups -OCH3 is 4. The Morgan fingerprint density at radius 2 is 1.57 bits per heavy atom. The molecule has 0 bridgehead atoms. The minimum atomic E-state index is 0.416. The fourth-order valence-electron chi connectivity index (χ4n) is 2.85. The van der Waals surface area contributed by atoms with Gasteiger partial charge in [0.15, 0.2) is 17.3 Å². The van der Waals surface area contributed by atoms with E-state index < -0.39 is 0 Å². The van der Waals surface area contributed by atoms with Crippen molar-refractivity contribution in [3.8, 4) is 34.4 Å². The van der Waals surface area contributed by atoms with E-state index in [0.717, 1.165) is 11.1 Å². The summed E-state index contributed by atoms with van der Waals surface area (Å²) in [5.41, 5.74) is 4.96. The van der Waals surface area contributed by atoms with Crippen molar-refractivity contribution in [3.63, 3.8) is 0 Å². The Kier molecular flexibility index (Phi) is 6.05. The van der Waals surface area contributed by atoms with E-state index in [1.807, 2.05) is 30.3 Å². The van der Waals surface area contributed by atoms with Crippen molar-refractivity contribution in [2.75, 3.05) is 33.9 Å². The number of hydrogen-bond donors (Lipinski definition) is 2. The van der Waals surface area contributed by atoms with Crippen molar-refractivity contribution >= 4 is 12.2 Å². The predicted molar refractivity (Wildman–Crippen MR) is 109 cm³/mol. The van der Waals surface area contributed by atoms with E-state index in [9.17, 15) is 0 Å². The van der Waals surface area contributed by atoms with Crippen LogP contribution in [0.15, 0.2) is 36.4 Å². The van der Waals surface area contributed by atoms with E-state index in [1.54, 1.807) is 39.2 Å². The third kappa shape index (κ3) is 3.74. The van der Waals surface area contributed by atoms with Gasteiger partial charge in [0.05, 0.1) is 40.5 Å². The minimum absolute atomic E-state index is 0.416. The fraction of sp³-hybridized carbons (Fsp3) is 0.263. The molecule has 0 atom stereocenters. The summed E-state index contributed by atoms with van der Waals surface area (Å²) in [5, 5.41) is 7.15. The van der Waals surface area contributed by atoms with Crippen molar-refractivity contribution in [1.82, 2.24) is 14.9 Å². The number of benzene rings is 2. The summed E-state index contributed by atoms with van der Waals surface area (Å²) in [6.07, 6.45) is 0. The van der Waals surface area contributed by atoms with Crippen LogP contribution in [0.2, 0.25) is 0 Å². The molecule has 3 rings (SSSR count). The normalized spacial score (nSPS) is 10.4. The first-order chi connectivity index (χ1) is 13.6. The molecule has 2 aromatic carbocycles. The van der Waals surface area contributed by atoms with Gasteiger partial charge in [0.25, 0.3) is 0 Å². The largest absolute Gasteiger partial charge is 0.496 e. The minimum Gasteiger partial charge on any atom is -0.496 e. The molecule has 0 aliphatic heterocycles. The molecule has 0 radical (unpaired) electrons. The lowest BCUT2D eigenvalue weighted by molar-refractivity contribution is 0.347. The van der Waals surface area contributed by atoms with Crippen LogP contribution in [0.5, 0.6) is 23.0 Å². The van der Waals surface area contributed by atoms with Crippen LogP contribution in [0.4, 0.5) is 0 Å². The Balaban J connectivity index is 1.94. The molecule has 0 fully saturated rings. The van der Waals surface area contributed by atoms with E-state index in [2.05, 4.69) is 15.6 Å². The number of para-hydroxylation sites is 1. The first-order valence-electron chi connectivity index (χ1n) is 8.46. The van der Waals surface area contributed by atoms with Crippen molar-refractivity contribution in [2.45, 2.75) is 6.54 Å². The van der Waals surface area contributed by atoms with E-state index in [1.165, 1.54) is 0 Å². The number of hydrogen-bond acceptors (Lipinski definition) is 7. The number of rotatable bonds is 8. The first kappa shape index (κ1) is 19.6. The lowest BCUT2D eigenvalue weighted by Gasteiger charge is -2.16. The quantitative estimate of drug-likeness (QED) is 0.559. The standard InChI is InChI=1S/C19H22N4O4S/c1-24-14-8-6-5-7-13(14)18-21-22-19(28)23(18)20-11-12-9-16(26-3)17(27-4)10-15(12)25-2/h5-10,20H,11H2,1-4H3,(H,22,28). The highest BCUT2D eigenvalue weighted by molar-refractivity contribution is 7.71. The number of nitrogens with one attached hydrogen (secondary N) is 2. The maximum absolute atomic E-state index is 5.48. The van der Waals surface area contributed by atoms with Crippen LogP contribution in [0.25, 0.3) is 11.4 Å². The molecule has 0 saturated carbocycles. The highest BCUT2D eigenvalue weighted by Gasteiger charge is 2.15. The Morgan fingerprint density at radius 1 is 0.929 bits per heavy atom. The third-order valence-corrected chi connectivity index (χ3v) is 4.51. The van der Waals surface area contributed by atoms with E-state index in [0.29, 0.717) is 40.1 Å². The second-order valence-corrected chi connectivity index (χ2v) is 6.13. The van der Waals surface area contributed by atoms with Gasteiger partial charge in [0.2, 0.25) is 4.77 Å². The zero-order valence-electron chi connectivity index (χ0n) is 16.1. The van der Waals surface area contributed by atoms with Crippen LogP contribution in [0, 0.1) is 4.77 Å². The van der Waals surface area contributed by atoms with E-state index in [4.69, 9.17) is 31.2 Å². The van der Waals surface area contributed by atoms with E-state index >= 15 is 0 Å². The summed E-state index contributed by atoms with van der Waals surface area (Å²) in [6.45, 7) is 0.416. The smallest absolute Gasteiger partial charge is 0.214 e. The molecule has 0 amide bonds. The highest BCUT2D eigenvalue weighted by Crippen LogP contribution is 2.35. The molecule has 1 heterocycles. The van der Waals surface area contributed by atoms with Gasteiger partial charge in [-0.2, -0.15) is 5.10 Å². The van der Waals surface area contributed by atoms with Gasteiger partial charge in [-0.15, -0.1) is 0 Å². The van der Waals surface area contributed by atoms with Crippen molar-refractivity contribution in [2.24, 2.45) is 0 Å². The van der Waals surface area contributed by atoms with Gasteiger partial charge in [0, 0.05) is 11.6 Å². The van der Waals surface area contributed by atoms with Gasteiger partial charge in [-0.25, -0.2) is 9.77 Å². The summed E-state index contributed by atoms with van der Waals surface area (Å²) in [7, 11) is 6.40. The summed E-state index contributed by atoms with van der Waals surface area (Å²) in [4.78, 5) is 0. The molecule has 0 unspecified atom stereocenters. The Bertz CT molecular complexity index is 1020. The number of nitrogens with zero attached hydrogens (tertiary/aromatic N) is 2. The van der Waals surface area contributed by atoms with Crippen LogP contribution < -0.4 is 24.4 Å². The second-order valence-electron chi connectivity index (χ2n) is 5.74. The molecule has 0 saturated heterocycles. The van der Waals surface area contributed by atoms with Crippen LogP contribution in [-0.2, 0) is 6.54 Å². The summed E-state index contributed by atoms with van der Waals surface area (Å²) < 4.78 is 23.8. The van der Waals surface area contributed by atoms with Gasteiger partial charge in [-0.05, 0) is 30.4 Å². The van der Waals surface area contributed by atoms with Crippen LogP contribution >= 0.6 is 12.2 Å². The maximum atomic E-state index is 5.48. The molecule has 8 nitrogen and oxygen atoms in total. The summed E-state index contributed by atoms with van der Waals surface area (Å²) >= 11 is 5.38. The molecule has 1 aromatic heterocycles. The average Bonchev–Trinajstić information content (AvgIpc) is 3.11. The lowest BCUT2D eigenvalue weighted by atomic mass is 10.1. The van der Waals surface area contributed by atoms with Crippen LogP contribution in [0.3, 0.4) is 0 Å². The molecule has 9 heteroatoms. The third-order valence-electron chi connectivity index (χ3n) is 4.23. The molecule has 0 aliphatic carbocycles. The highest BCUT2D eigenvalue weighted by atomic mass is 32.1.